The van der Waals surface area contributed by atoms with Gasteiger partial charge in [-0.25, -0.2) is 4.79 Å². The Bertz CT molecular complexity index is 649. The Morgan fingerprint density at radius 2 is 1.21 bits per heavy atom. The van der Waals surface area contributed by atoms with Crippen molar-refractivity contribution in [1.82, 2.24) is 0 Å². The third-order valence-electron chi connectivity index (χ3n) is 3.58. The maximum absolute atomic E-state index is 11.8. The van der Waals surface area contributed by atoms with E-state index in [0.29, 0.717) is 11.5 Å². The highest BCUT2D eigenvalue weighted by atomic mass is 16.7. The number of hydrogen-bond acceptors (Lipinski definition) is 5. The van der Waals surface area contributed by atoms with Crippen molar-refractivity contribution in [3.05, 3.63) is 58.7 Å². The highest BCUT2D eigenvalue weighted by Gasteiger charge is 2.11. The second-order valence-corrected chi connectivity index (χ2v) is 5.46. The molecule has 5 heteroatoms. The van der Waals surface area contributed by atoms with Gasteiger partial charge in [-0.15, -0.1) is 0 Å². The van der Waals surface area contributed by atoms with Gasteiger partial charge < -0.3 is 18.9 Å². The maximum Gasteiger partial charge on any atom is 0.508 e. The molecule has 0 aliphatic carbocycles. The minimum Gasteiger partial charge on any atom is -0.496 e. The zero-order valence-electron chi connectivity index (χ0n) is 14.4. The van der Waals surface area contributed by atoms with Gasteiger partial charge >= 0.3 is 6.16 Å². The second kappa shape index (κ2) is 8.24. The lowest BCUT2D eigenvalue weighted by Gasteiger charge is -2.12. The van der Waals surface area contributed by atoms with Gasteiger partial charge in [0, 0.05) is 11.1 Å². The van der Waals surface area contributed by atoms with Crippen LogP contribution in [0, 0.1) is 13.8 Å². The summed E-state index contributed by atoms with van der Waals surface area (Å²) < 4.78 is 20.9. The van der Waals surface area contributed by atoms with Crippen LogP contribution in [0.3, 0.4) is 0 Å². The molecule has 0 spiro atoms. The van der Waals surface area contributed by atoms with Gasteiger partial charge in [0.2, 0.25) is 0 Å². The predicted octanol–water partition coefficient (Wildman–Crippen LogP) is 4.17. The summed E-state index contributed by atoms with van der Waals surface area (Å²) >= 11 is 0. The SMILES string of the molecule is COc1cc(C)ccc1COC(=O)OCc1ccc(C)cc1OC. The lowest BCUT2D eigenvalue weighted by molar-refractivity contribution is 0.0438. The van der Waals surface area contributed by atoms with Crippen LogP contribution in [-0.2, 0) is 22.7 Å². The van der Waals surface area contributed by atoms with Gasteiger partial charge in [0.15, 0.2) is 0 Å². The summed E-state index contributed by atoms with van der Waals surface area (Å²) in [6, 6.07) is 11.4. The van der Waals surface area contributed by atoms with E-state index in [9.17, 15) is 4.79 Å². The normalized spacial score (nSPS) is 10.2. The second-order valence-electron chi connectivity index (χ2n) is 5.46. The zero-order valence-corrected chi connectivity index (χ0v) is 14.4. The molecule has 0 unspecified atom stereocenters. The van der Waals surface area contributed by atoms with Crippen LogP contribution in [-0.4, -0.2) is 20.4 Å². The maximum atomic E-state index is 11.8. The van der Waals surface area contributed by atoms with Crippen molar-refractivity contribution in [2.24, 2.45) is 0 Å². The highest BCUT2D eigenvalue weighted by Crippen LogP contribution is 2.22. The number of carbonyl (C=O) groups excluding carboxylic acids is 1. The number of methoxy groups -OCH3 is 2. The molecule has 2 aromatic rings. The number of hydrogen-bond donors (Lipinski definition) is 0. The van der Waals surface area contributed by atoms with E-state index >= 15 is 0 Å². The molecule has 2 rings (SSSR count). The van der Waals surface area contributed by atoms with E-state index in [2.05, 4.69) is 0 Å². The Labute approximate surface area is 142 Å². The van der Waals surface area contributed by atoms with E-state index < -0.39 is 6.16 Å². The summed E-state index contributed by atoms with van der Waals surface area (Å²) in [6.07, 6.45) is -0.736. The minimum atomic E-state index is -0.736. The van der Waals surface area contributed by atoms with Crippen molar-refractivity contribution < 1.29 is 23.7 Å². The summed E-state index contributed by atoms with van der Waals surface area (Å²) in [6.45, 7) is 4.12. The Hall–Kier alpha value is -2.69. The first-order valence-corrected chi connectivity index (χ1v) is 7.60. The van der Waals surface area contributed by atoms with E-state index in [-0.39, 0.29) is 13.2 Å². The molecule has 0 heterocycles. The number of carbonyl (C=O) groups is 1. The molecule has 0 radical (unpaired) electrons. The Kier molecular flexibility index (Phi) is 6.07. The molecule has 0 aromatic heterocycles. The molecule has 0 bridgehead atoms. The Morgan fingerprint density at radius 3 is 1.58 bits per heavy atom. The van der Waals surface area contributed by atoms with Crippen LogP contribution < -0.4 is 9.47 Å². The van der Waals surface area contributed by atoms with Crippen LogP contribution in [0.25, 0.3) is 0 Å². The van der Waals surface area contributed by atoms with Gasteiger partial charge in [0.05, 0.1) is 14.2 Å². The van der Waals surface area contributed by atoms with Crippen molar-refractivity contribution >= 4 is 6.16 Å². The van der Waals surface area contributed by atoms with Gasteiger partial charge in [-0.2, -0.15) is 0 Å². The molecule has 0 amide bonds. The quantitative estimate of drug-likeness (QED) is 0.744. The van der Waals surface area contributed by atoms with E-state index in [4.69, 9.17) is 18.9 Å². The number of benzene rings is 2. The monoisotopic (exact) mass is 330 g/mol. The van der Waals surface area contributed by atoms with Crippen molar-refractivity contribution in [2.45, 2.75) is 27.1 Å². The summed E-state index contributed by atoms with van der Waals surface area (Å²) in [5.41, 5.74) is 3.72. The number of ether oxygens (including phenoxy) is 4. The first-order valence-electron chi connectivity index (χ1n) is 7.60. The lowest BCUT2D eigenvalue weighted by Crippen LogP contribution is -2.08. The molecule has 0 N–H and O–H groups in total. The molecule has 24 heavy (non-hydrogen) atoms. The molecule has 2 aromatic carbocycles. The molecule has 0 saturated carbocycles. The van der Waals surface area contributed by atoms with Crippen LogP contribution in [0.15, 0.2) is 36.4 Å². The van der Waals surface area contributed by atoms with Crippen molar-refractivity contribution in [3.63, 3.8) is 0 Å². The van der Waals surface area contributed by atoms with Gasteiger partial charge in [0.1, 0.15) is 24.7 Å². The lowest BCUT2D eigenvalue weighted by atomic mass is 10.1. The van der Waals surface area contributed by atoms with Crippen LogP contribution in [0.2, 0.25) is 0 Å². The molecule has 128 valence electrons. The summed E-state index contributed by atoms with van der Waals surface area (Å²) in [5.74, 6) is 1.37. The first-order chi connectivity index (χ1) is 11.5. The smallest absolute Gasteiger partial charge is 0.496 e. The fourth-order valence-electron chi connectivity index (χ4n) is 2.26. The third kappa shape index (κ3) is 4.65. The largest absolute Gasteiger partial charge is 0.508 e. The number of rotatable bonds is 6. The van der Waals surface area contributed by atoms with E-state index in [1.807, 2.05) is 50.2 Å². The molecule has 0 fully saturated rings. The third-order valence-corrected chi connectivity index (χ3v) is 3.58. The van der Waals surface area contributed by atoms with Crippen molar-refractivity contribution in [1.29, 1.82) is 0 Å². The first kappa shape index (κ1) is 17.7. The predicted molar refractivity (Wildman–Crippen MR) is 90.4 cm³/mol. The van der Waals surface area contributed by atoms with Crippen LogP contribution in [0.1, 0.15) is 22.3 Å². The molecule has 0 saturated heterocycles. The van der Waals surface area contributed by atoms with Crippen LogP contribution in [0.5, 0.6) is 11.5 Å². The molecule has 0 atom stereocenters. The van der Waals surface area contributed by atoms with Gasteiger partial charge in [-0.3, -0.25) is 0 Å². The van der Waals surface area contributed by atoms with E-state index in [0.717, 1.165) is 22.3 Å². The van der Waals surface area contributed by atoms with E-state index in [1.54, 1.807) is 14.2 Å². The summed E-state index contributed by atoms with van der Waals surface area (Å²) in [5, 5.41) is 0. The van der Waals surface area contributed by atoms with Crippen LogP contribution in [0.4, 0.5) is 4.79 Å². The highest BCUT2D eigenvalue weighted by molar-refractivity contribution is 5.60. The molecular weight excluding hydrogens is 308 g/mol. The van der Waals surface area contributed by atoms with Crippen LogP contribution >= 0.6 is 0 Å². The molecule has 0 aliphatic heterocycles. The standard InChI is InChI=1S/C19H22O5/c1-13-5-7-15(17(9-13)21-3)11-23-19(20)24-12-16-8-6-14(2)10-18(16)22-4/h5-10H,11-12H2,1-4H3. The molecule has 0 aliphatic rings. The van der Waals surface area contributed by atoms with Gasteiger partial charge in [-0.05, 0) is 37.1 Å². The van der Waals surface area contributed by atoms with E-state index in [1.165, 1.54) is 0 Å². The summed E-state index contributed by atoms with van der Waals surface area (Å²) in [4.78, 5) is 11.8. The topological polar surface area (TPSA) is 54.0 Å². The Balaban J connectivity index is 1.90. The average molecular weight is 330 g/mol. The van der Waals surface area contributed by atoms with Gasteiger partial charge in [0.25, 0.3) is 0 Å². The van der Waals surface area contributed by atoms with Gasteiger partial charge in [-0.1, -0.05) is 24.3 Å². The zero-order chi connectivity index (χ0) is 17.5. The average Bonchev–Trinajstić information content (AvgIpc) is 2.59. The molecular formula is C19H22O5. The van der Waals surface area contributed by atoms with Crippen molar-refractivity contribution in [3.8, 4) is 11.5 Å². The molecule has 5 nitrogen and oxygen atoms in total. The fourth-order valence-corrected chi connectivity index (χ4v) is 2.26. The van der Waals surface area contributed by atoms with Crippen molar-refractivity contribution in [2.75, 3.05) is 14.2 Å². The minimum absolute atomic E-state index is 0.0906. The Morgan fingerprint density at radius 1 is 0.792 bits per heavy atom. The number of aryl methyl sites for hydroxylation is 2. The fraction of sp³-hybridized carbons (Fsp3) is 0.316. The summed E-state index contributed by atoms with van der Waals surface area (Å²) in [7, 11) is 3.17.